The molecule has 0 bridgehead atoms. The quantitative estimate of drug-likeness (QED) is 0.908. The predicted molar refractivity (Wildman–Crippen MR) is 80.6 cm³/mol. The van der Waals surface area contributed by atoms with Crippen molar-refractivity contribution in [3.63, 3.8) is 0 Å². The van der Waals surface area contributed by atoms with Crippen LogP contribution in [0.15, 0.2) is 36.4 Å². The largest absolute Gasteiger partial charge is 0.327 e. The molecule has 106 valence electrons. The number of pyridine rings is 1. The zero-order valence-electron chi connectivity index (χ0n) is 11.9. The lowest BCUT2D eigenvalue weighted by Crippen LogP contribution is -2.14. The smallest absolute Gasteiger partial charge is 0.146 e. The number of rotatable bonds is 5. The number of aromatic nitrogens is 1. The second-order valence-electron chi connectivity index (χ2n) is 4.79. The molecule has 20 heavy (non-hydrogen) atoms. The Morgan fingerprint density at radius 3 is 2.65 bits per heavy atom. The SMILES string of the molecule is CCCc1cc(CN)cc(N(C)c2ccccc2F)n1. The van der Waals surface area contributed by atoms with Crippen molar-refractivity contribution < 1.29 is 4.39 Å². The fourth-order valence-electron chi connectivity index (χ4n) is 2.15. The Balaban J connectivity index is 2.40. The summed E-state index contributed by atoms with van der Waals surface area (Å²) in [5.41, 5.74) is 8.25. The van der Waals surface area contributed by atoms with E-state index in [-0.39, 0.29) is 5.82 Å². The molecule has 0 aliphatic heterocycles. The van der Waals surface area contributed by atoms with Gasteiger partial charge < -0.3 is 10.6 Å². The Morgan fingerprint density at radius 1 is 1.25 bits per heavy atom. The standard InChI is InChI=1S/C16H20FN3/c1-3-6-13-9-12(11-18)10-16(19-13)20(2)15-8-5-4-7-14(15)17/h4-5,7-10H,3,6,11,18H2,1-2H3. The molecule has 2 rings (SSSR count). The Labute approximate surface area is 119 Å². The van der Waals surface area contributed by atoms with E-state index in [2.05, 4.69) is 11.9 Å². The highest BCUT2D eigenvalue weighted by atomic mass is 19.1. The van der Waals surface area contributed by atoms with E-state index in [0.29, 0.717) is 12.2 Å². The number of hydrogen-bond acceptors (Lipinski definition) is 3. The van der Waals surface area contributed by atoms with Gasteiger partial charge >= 0.3 is 0 Å². The monoisotopic (exact) mass is 273 g/mol. The number of nitrogens with two attached hydrogens (primary N) is 1. The van der Waals surface area contributed by atoms with Crippen LogP contribution in [0.3, 0.4) is 0 Å². The third-order valence-electron chi connectivity index (χ3n) is 3.22. The lowest BCUT2D eigenvalue weighted by Gasteiger charge is -2.20. The summed E-state index contributed by atoms with van der Waals surface area (Å²) >= 11 is 0. The average Bonchev–Trinajstić information content (AvgIpc) is 2.47. The summed E-state index contributed by atoms with van der Waals surface area (Å²) in [5.74, 6) is 0.466. The van der Waals surface area contributed by atoms with E-state index in [4.69, 9.17) is 5.73 Å². The van der Waals surface area contributed by atoms with Crippen molar-refractivity contribution in [3.8, 4) is 0 Å². The van der Waals surface area contributed by atoms with Crippen LogP contribution in [0.5, 0.6) is 0 Å². The summed E-state index contributed by atoms with van der Waals surface area (Å²) in [6.07, 6.45) is 1.91. The maximum atomic E-state index is 13.9. The van der Waals surface area contributed by atoms with Crippen molar-refractivity contribution in [1.29, 1.82) is 0 Å². The van der Waals surface area contributed by atoms with Gasteiger partial charge in [-0.1, -0.05) is 25.5 Å². The second-order valence-corrected chi connectivity index (χ2v) is 4.79. The first-order chi connectivity index (χ1) is 9.65. The van der Waals surface area contributed by atoms with Gasteiger partial charge in [-0.25, -0.2) is 9.37 Å². The number of nitrogens with zero attached hydrogens (tertiary/aromatic N) is 2. The Hall–Kier alpha value is -1.94. The maximum absolute atomic E-state index is 13.9. The number of anilines is 2. The highest BCUT2D eigenvalue weighted by Crippen LogP contribution is 2.25. The number of halogens is 1. The van der Waals surface area contributed by atoms with Crippen LogP contribution in [0.25, 0.3) is 0 Å². The van der Waals surface area contributed by atoms with Crippen molar-refractivity contribution in [2.24, 2.45) is 5.73 Å². The van der Waals surface area contributed by atoms with E-state index in [1.54, 1.807) is 17.0 Å². The van der Waals surface area contributed by atoms with Gasteiger partial charge in [0.2, 0.25) is 0 Å². The molecule has 0 amide bonds. The highest BCUT2D eigenvalue weighted by Gasteiger charge is 2.11. The molecule has 2 aromatic rings. The third kappa shape index (κ3) is 3.14. The van der Waals surface area contributed by atoms with E-state index in [0.717, 1.165) is 29.9 Å². The van der Waals surface area contributed by atoms with Crippen LogP contribution in [0.1, 0.15) is 24.6 Å². The Kier molecular flexibility index (Phi) is 4.69. The molecule has 2 N–H and O–H groups in total. The van der Waals surface area contributed by atoms with E-state index >= 15 is 0 Å². The molecule has 3 nitrogen and oxygen atoms in total. The van der Waals surface area contributed by atoms with Gasteiger partial charge in [-0.2, -0.15) is 0 Å². The van der Waals surface area contributed by atoms with Crippen LogP contribution in [-0.2, 0) is 13.0 Å². The lowest BCUT2D eigenvalue weighted by molar-refractivity contribution is 0.627. The van der Waals surface area contributed by atoms with Crippen molar-refractivity contribution in [1.82, 2.24) is 4.98 Å². The van der Waals surface area contributed by atoms with Gasteiger partial charge in [0.15, 0.2) is 0 Å². The summed E-state index contributed by atoms with van der Waals surface area (Å²) in [5, 5.41) is 0. The molecule has 0 radical (unpaired) electrons. The van der Waals surface area contributed by atoms with Gasteiger partial charge in [-0.3, -0.25) is 0 Å². The fraction of sp³-hybridized carbons (Fsp3) is 0.312. The molecule has 0 spiro atoms. The summed E-state index contributed by atoms with van der Waals surface area (Å²) in [6, 6.07) is 10.6. The minimum Gasteiger partial charge on any atom is -0.327 e. The molecule has 0 fully saturated rings. The van der Waals surface area contributed by atoms with Crippen molar-refractivity contribution in [2.75, 3.05) is 11.9 Å². The molecule has 0 aliphatic carbocycles. The molecule has 4 heteroatoms. The molecule has 0 aliphatic rings. The van der Waals surface area contributed by atoms with Gasteiger partial charge in [0, 0.05) is 19.3 Å². The summed E-state index contributed by atoms with van der Waals surface area (Å²) < 4.78 is 13.9. The van der Waals surface area contributed by atoms with Crippen molar-refractivity contribution >= 4 is 11.5 Å². The molecule has 1 aromatic heterocycles. The van der Waals surface area contributed by atoms with Crippen LogP contribution >= 0.6 is 0 Å². The first-order valence-electron chi connectivity index (χ1n) is 6.84. The van der Waals surface area contributed by atoms with E-state index in [1.807, 2.05) is 25.2 Å². The second kappa shape index (κ2) is 6.48. The molecule has 1 heterocycles. The van der Waals surface area contributed by atoms with E-state index in [1.165, 1.54) is 6.07 Å². The molecular formula is C16H20FN3. The molecule has 0 unspecified atom stereocenters. The first-order valence-corrected chi connectivity index (χ1v) is 6.84. The Bertz CT molecular complexity index is 584. The van der Waals surface area contributed by atoms with E-state index < -0.39 is 0 Å². The number of aryl methyl sites for hydroxylation is 1. The van der Waals surface area contributed by atoms with Crippen molar-refractivity contribution in [2.45, 2.75) is 26.3 Å². The van der Waals surface area contributed by atoms with Crippen LogP contribution in [-0.4, -0.2) is 12.0 Å². The molecule has 0 saturated carbocycles. The maximum Gasteiger partial charge on any atom is 0.146 e. The highest BCUT2D eigenvalue weighted by molar-refractivity contribution is 5.60. The first kappa shape index (κ1) is 14.5. The van der Waals surface area contributed by atoms with E-state index in [9.17, 15) is 4.39 Å². The Morgan fingerprint density at radius 2 is 2.00 bits per heavy atom. The van der Waals surface area contributed by atoms with Gasteiger partial charge in [-0.05, 0) is 36.2 Å². The van der Waals surface area contributed by atoms with Crippen LogP contribution in [0.4, 0.5) is 15.9 Å². The minimum absolute atomic E-state index is 0.257. The number of benzene rings is 1. The molecule has 1 aromatic carbocycles. The van der Waals surface area contributed by atoms with Crippen molar-refractivity contribution in [3.05, 3.63) is 53.5 Å². The fourth-order valence-corrected chi connectivity index (χ4v) is 2.15. The number of para-hydroxylation sites is 1. The third-order valence-corrected chi connectivity index (χ3v) is 3.22. The van der Waals surface area contributed by atoms with Gasteiger partial charge in [-0.15, -0.1) is 0 Å². The molecular weight excluding hydrogens is 253 g/mol. The van der Waals surface area contributed by atoms with Crippen LogP contribution in [0, 0.1) is 5.82 Å². The van der Waals surface area contributed by atoms with Crippen LogP contribution < -0.4 is 10.6 Å². The lowest BCUT2D eigenvalue weighted by atomic mass is 10.1. The predicted octanol–water partition coefficient (Wildman–Crippen LogP) is 3.40. The topological polar surface area (TPSA) is 42.1 Å². The normalized spacial score (nSPS) is 10.6. The zero-order valence-corrected chi connectivity index (χ0v) is 11.9. The van der Waals surface area contributed by atoms with Gasteiger partial charge in [0.1, 0.15) is 11.6 Å². The number of hydrogen-bond donors (Lipinski definition) is 1. The van der Waals surface area contributed by atoms with Crippen LogP contribution in [0.2, 0.25) is 0 Å². The minimum atomic E-state index is -0.257. The summed E-state index contributed by atoms with van der Waals surface area (Å²) in [7, 11) is 1.82. The van der Waals surface area contributed by atoms with Gasteiger partial charge in [0.05, 0.1) is 5.69 Å². The molecule has 0 atom stereocenters. The summed E-state index contributed by atoms with van der Waals surface area (Å²) in [4.78, 5) is 6.35. The summed E-state index contributed by atoms with van der Waals surface area (Å²) in [6.45, 7) is 2.56. The zero-order chi connectivity index (χ0) is 14.5. The van der Waals surface area contributed by atoms with Gasteiger partial charge in [0.25, 0.3) is 0 Å². The average molecular weight is 273 g/mol. The molecule has 0 saturated heterocycles.